The molecule has 1 heterocycles. The molecule has 34 heavy (non-hydrogen) atoms. The minimum Gasteiger partial charge on any atom is -0.493 e. The van der Waals surface area contributed by atoms with E-state index in [4.69, 9.17) is 39.7 Å². The van der Waals surface area contributed by atoms with Crippen molar-refractivity contribution in [2.45, 2.75) is 6.92 Å². The van der Waals surface area contributed by atoms with Crippen molar-refractivity contribution in [3.8, 4) is 28.7 Å². The second kappa shape index (κ2) is 9.52. The van der Waals surface area contributed by atoms with Crippen LogP contribution in [0.25, 0.3) is 21.7 Å². The van der Waals surface area contributed by atoms with Crippen LogP contribution >= 0.6 is 11.6 Å². The SMILES string of the molecule is COc1cc2c(=O)oc3cc(OC(=O)COc4ccc(Cl)cc4C)ccc3c2c(OC)c1OC. The summed E-state index contributed by atoms with van der Waals surface area (Å²) in [5.74, 6) is 1.09. The number of halogens is 1. The first-order valence-corrected chi connectivity index (χ1v) is 10.5. The Morgan fingerprint density at radius 2 is 1.68 bits per heavy atom. The summed E-state index contributed by atoms with van der Waals surface area (Å²) in [5, 5.41) is 1.90. The van der Waals surface area contributed by atoms with E-state index >= 15 is 0 Å². The van der Waals surface area contributed by atoms with Gasteiger partial charge in [0.1, 0.15) is 17.1 Å². The minimum absolute atomic E-state index is 0.191. The number of hydrogen-bond acceptors (Lipinski definition) is 8. The molecule has 0 atom stereocenters. The predicted molar refractivity (Wildman–Crippen MR) is 127 cm³/mol. The maximum atomic E-state index is 12.7. The highest BCUT2D eigenvalue weighted by molar-refractivity contribution is 6.30. The number of aryl methyl sites for hydroxylation is 1. The third-order valence-corrected chi connectivity index (χ3v) is 5.42. The quantitative estimate of drug-likeness (QED) is 0.158. The summed E-state index contributed by atoms with van der Waals surface area (Å²) in [5.41, 5.74) is 0.398. The molecule has 0 bridgehead atoms. The molecule has 0 N–H and O–H groups in total. The van der Waals surface area contributed by atoms with Gasteiger partial charge in [0.2, 0.25) is 5.75 Å². The van der Waals surface area contributed by atoms with E-state index < -0.39 is 11.6 Å². The van der Waals surface area contributed by atoms with Crippen molar-refractivity contribution in [2.24, 2.45) is 0 Å². The van der Waals surface area contributed by atoms with E-state index in [0.29, 0.717) is 38.8 Å². The van der Waals surface area contributed by atoms with Crippen LogP contribution < -0.4 is 29.3 Å². The predicted octanol–water partition coefficient (Wildman–Crippen LogP) is 4.92. The molecule has 8 nitrogen and oxygen atoms in total. The van der Waals surface area contributed by atoms with Gasteiger partial charge in [0, 0.05) is 21.9 Å². The molecule has 0 unspecified atom stereocenters. The van der Waals surface area contributed by atoms with E-state index in [1.54, 1.807) is 30.3 Å². The van der Waals surface area contributed by atoms with Crippen molar-refractivity contribution in [1.82, 2.24) is 0 Å². The third-order valence-electron chi connectivity index (χ3n) is 5.19. The average Bonchev–Trinajstić information content (AvgIpc) is 2.82. The van der Waals surface area contributed by atoms with Gasteiger partial charge in [-0.1, -0.05) is 11.6 Å². The molecule has 176 valence electrons. The van der Waals surface area contributed by atoms with Crippen LogP contribution in [0, 0.1) is 6.92 Å². The molecule has 0 aliphatic carbocycles. The highest BCUT2D eigenvalue weighted by Gasteiger charge is 2.21. The second-order valence-corrected chi connectivity index (χ2v) is 7.72. The molecule has 3 aromatic carbocycles. The van der Waals surface area contributed by atoms with Crippen molar-refractivity contribution in [1.29, 1.82) is 0 Å². The molecule has 0 aliphatic heterocycles. The second-order valence-electron chi connectivity index (χ2n) is 7.29. The standard InChI is InChI=1S/C25H21ClO8/c1-13-9-14(26)5-8-18(13)32-12-21(27)33-15-6-7-16-19(10-15)34-25(28)17-11-20(29-2)23(30-3)24(31-4)22(16)17/h5-11H,12H2,1-4H3. The number of benzene rings is 3. The van der Waals surface area contributed by atoms with Gasteiger partial charge in [-0.15, -0.1) is 0 Å². The Labute approximate surface area is 199 Å². The summed E-state index contributed by atoms with van der Waals surface area (Å²) in [7, 11) is 4.41. The van der Waals surface area contributed by atoms with E-state index in [2.05, 4.69) is 0 Å². The van der Waals surface area contributed by atoms with E-state index in [-0.39, 0.29) is 23.3 Å². The number of rotatable bonds is 7. The number of hydrogen-bond donors (Lipinski definition) is 0. The fourth-order valence-corrected chi connectivity index (χ4v) is 3.90. The van der Waals surface area contributed by atoms with Crippen LogP contribution in [0.4, 0.5) is 0 Å². The van der Waals surface area contributed by atoms with Crippen LogP contribution in [0.15, 0.2) is 51.7 Å². The summed E-state index contributed by atoms with van der Waals surface area (Å²) < 4.78 is 32.7. The van der Waals surface area contributed by atoms with Gasteiger partial charge >= 0.3 is 11.6 Å². The van der Waals surface area contributed by atoms with Crippen molar-refractivity contribution >= 4 is 39.3 Å². The highest BCUT2D eigenvalue weighted by Crippen LogP contribution is 2.45. The first-order valence-electron chi connectivity index (χ1n) is 10.2. The van der Waals surface area contributed by atoms with Gasteiger partial charge in [0.25, 0.3) is 0 Å². The van der Waals surface area contributed by atoms with Crippen molar-refractivity contribution in [3.63, 3.8) is 0 Å². The maximum Gasteiger partial charge on any atom is 0.349 e. The first kappa shape index (κ1) is 23.3. The summed E-state index contributed by atoms with van der Waals surface area (Å²) in [6.07, 6.45) is 0. The Kier molecular flexibility index (Phi) is 6.51. The zero-order valence-electron chi connectivity index (χ0n) is 18.9. The van der Waals surface area contributed by atoms with Gasteiger partial charge in [-0.3, -0.25) is 0 Å². The molecule has 0 fully saturated rings. The summed E-state index contributed by atoms with van der Waals surface area (Å²) in [6.45, 7) is 1.51. The minimum atomic E-state index is -0.624. The van der Waals surface area contributed by atoms with Crippen LogP contribution in [0.5, 0.6) is 28.7 Å². The largest absolute Gasteiger partial charge is 0.493 e. The number of ether oxygens (including phenoxy) is 5. The van der Waals surface area contributed by atoms with E-state index in [9.17, 15) is 9.59 Å². The monoisotopic (exact) mass is 484 g/mol. The molecule has 0 radical (unpaired) electrons. The van der Waals surface area contributed by atoms with E-state index in [1.807, 2.05) is 6.92 Å². The Hall–Kier alpha value is -3.91. The molecule has 0 saturated heterocycles. The lowest BCUT2D eigenvalue weighted by Crippen LogP contribution is -2.18. The fourth-order valence-electron chi connectivity index (χ4n) is 3.67. The van der Waals surface area contributed by atoms with Crippen molar-refractivity contribution < 1.29 is 32.9 Å². The number of carbonyl (C=O) groups excluding carboxylic acids is 1. The van der Waals surface area contributed by atoms with Gasteiger partial charge < -0.3 is 28.1 Å². The van der Waals surface area contributed by atoms with Crippen LogP contribution in [-0.2, 0) is 4.79 Å². The molecular weight excluding hydrogens is 464 g/mol. The molecule has 0 spiro atoms. The van der Waals surface area contributed by atoms with Crippen LogP contribution in [0.1, 0.15) is 5.56 Å². The highest BCUT2D eigenvalue weighted by atomic mass is 35.5. The average molecular weight is 485 g/mol. The maximum absolute atomic E-state index is 12.7. The van der Waals surface area contributed by atoms with Crippen LogP contribution in [0.2, 0.25) is 5.02 Å². The molecule has 0 aliphatic rings. The Morgan fingerprint density at radius 3 is 2.35 bits per heavy atom. The topological polar surface area (TPSA) is 93.4 Å². The first-order chi connectivity index (χ1) is 16.4. The lowest BCUT2D eigenvalue weighted by molar-refractivity contribution is -0.136. The molecule has 4 rings (SSSR count). The molecule has 9 heteroatoms. The normalized spacial score (nSPS) is 10.9. The third kappa shape index (κ3) is 4.32. The fraction of sp³-hybridized carbons (Fsp3) is 0.200. The van der Waals surface area contributed by atoms with Crippen molar-refractivity contribution in [2.75, 3.05) is 27.9 Å². The number of carbonyl (C=O) groups is 1. The summed E-state index contributed by atoms with van der Waals surface area (Å²) in [4.78, 5) is 25.0. The molecule has 1 aromatic heterocycles. The van der Waals surface area contributed by atoms with Gasteiger partial charge in [0.15, 0.2) is 18.1 Å². The number of fused-ring (bicyclic) bond motifs is 3. The Morgan fingerprint density at radius 1 is 0.912 bits per heavy atom. The Balaban J connectivity index is 1.67. The molecule has 0 saturated carbocycles. The zero-order chi connectivity index (χ0) is 24.4. The Bertz CT molecular complexity index is 1460. The number of esters is 1. The van der Waals surface area contributed by atoms with E-state index in [1.165, 1.54) is 33.5 Å². The van der Waals surface area contributed by atoms with Crippen LogP contribution in [-0.4, -0.2) is 33.9 Å². The number of methoxy groups -OCH3 is 3. The lowest BCUT2D eigenvalue weighted by atomic mass is 10.0. The summed E-state index contributed by atoms with van der Waals surface area (Å²) >= 11 is 5.93. The molecule has 0 amide bonds. The molecule has 4 aromatic rings. The van der Waals surface area contributed by atoms with E-state index in [0.717, 1.165) is 5.56 Å². The van der Waals surface area contributed by atoms with Gasteiger partial charge in [-0.25, -0.2) is 9.59 Å². The zero-order valence-corrected chi connectivity index (χ0v) is 19.6. The van der Waals surface area contributed by atoms with Gasteiger partial charge in [-0.05, 0) is 48.9 Å². The van der Waals surface area contributed by atoms with Crippen molar-refractivity contribution in [3.05, 3.63) is 63.5 Å². The summed E-state index contributed by atoms with van der Waals surface area (Å²) in [6, 6.07) is 11.3. The lowest BCUT2D eigenvalue weighted by Gasteiger charge is -2.15. The van der Waals surface area contributed by atoms with Crippen LogP contribution in [0.3, 0.4) is 0 Å². The molecular formula is C25H21ClO8. The van der Waals surface area contributed by atoms with Gasteiger partial charge in [0.05, 0.1) is 26.7 Å². The van der Waals surface area contributed by atoms with Gasteiger partial charge in [-0.2, -0.15) is 0 Å². The smallest absolute Gasteiger partial charge is 0.349 e.